The third-order valence-corrected chi connectivity index (χ3v) is 3.81. The van der Waals surface area contributed by atoms with E-state index in [1.807, 2.05) is 0 Å². The van der Waals surface area contributed by atoms with Crippen LogP contribution in [0.15, 0.2) is 12.5 Å². The van der Waals surface area contributed by atoms with Gasteiger partial charge in [0.1, 0.15) is 17.9 Å². The molecule has 0 aromatic carbocycles. The fourth-order valence-corrected chi connectivity index (χ4v) is 2.67. The number of aromatic nitrogens is 2. The summed E-state index contributed by atoms with van der Waals surface area (Å²) in [5.74, 6) is 0.964. The van der Waals surface area contributed by atoms with Gasteiger partial charge < -0.3 is 0 Å². The van der Waals surface area contributed by atoms with E-state index in [0.717, 1.165) is 18.4 Å². The molecule has 1 aromatic rings. The Morgan fingerprint density at radius 1 is 1.30 bits per heavy atom. The van der Waals surface area contributed by atoms with Crippen molar-refractivity contribution in [3.8, 4) is 0 Å². The number of anilines is 1. The molecule has 7 nitrogen and oxygen atoms in total. The zero-order chi connectivity index (χ0) is 14.1. The maximum absolute atomic E-state index is 12.3. The molecular weight excluding hydrogens is 258 g/mol. The van der Waals surface area contributed by atoms with Crippen molar-refractivity contribution in [1.82, 2.24) is 20.4 Å². The molecule has 0 radical (unpaired) electrons. The molecule has 7 heteroatoms. The highest BCUT2D eigenvalue weighted by molar-refractivity contribution is 5.92. The second-order valence-electron chi connectivity index (χ2n) is 5.24. The molecule has 1 aliphatic heterocycles. The van der Waals surface area contributed by atoms with Crippen LogP contribution in [0.3, 0.4) is 0 Å². The van der Waals surface area contributed by atoms with Crippen molar-refractivity contribution in [3.63, 3.8) is 0 Å². The molecule has 3 rings (SSSR count). The number of nitrogens with zero attached hydrogens (tertiary/aromatic N) is 4. The third kappa shape index (κ3) is 2.36. The number of urea groups is 1. The lowest BCUT2D eigenvalue weighted by molar-refractivity contribution is -0.120. The van der Waals surface area contributed by atoms with Gasteiger partial charge in [0.15, 0.2) is 0 Å². The Bertz CT molecular complexity index is 537. The SMILES string of the molecule is CN1C(=O)N(NC2CCC(=O)CC2)Cc2cncnc21. The number of hydrogen-bond donors (Lipinski definition) is 1. The molecule has 2 amide bonds. The zero-order valence-electron chi connectivity index (χ0n) is 11.4. The number of nitrogens with one attached hydrogen (secondary N) is 1. The number of carbonyl (C=O) groups is 2. The van der Waals surface area contributed by atoms with E-state index in [9.17, 15) is 9.59 Å². The summed E-state index contributed by atoms with van der Waals surface area (Å²) in [5.41, 5.74) is 4.14. The van der Waals surface area contributed by atoms with Gasteiger partial charge in [-0.3, -0.25) is 14.7 Å². The molecule has 2 heterocycles. The minimum Gasteiger partial charge on any atom is -0.300 e. The third-order valence-electron chi connectivity index (χ3n) is 3.81. The Morgan fingerprint density at radius 3 is 2.80 bits per heavy atom. The van der Waals surface area contributed by atoms with E-state index in [0.29, 0.717) is 31.0 Å². The van der Waals surface area contributed by atoms with Crippen LogP contribution in [0.25, 0.3) is 0 Å². The molecule has 2 aliphatic rings. The number of fused-ring (bicyclic) bond motifs is 1. The molecule has 106 valence electrons. The van der Waals surface area contributed by atoms with Gasteiger partial charge in [-0.05, 0) is 12.8 Å². The van der Waals surface area contributed by atoms with Crippen LogP contribution in [0.2, 0.25) is 0 Å². The number of hydrogen-bond acceptors (Lipinski definition) is 5. The summed E-state index contributed by atoms with van der Waals surface area (Å²) in [7, 11) is 1.70. The summed E-state index contributed by atoms with van der Waals surface area (Å²) < 4.78 is 0. The average molecular weight is 275 g/mol. The van der Waals surface area contributed by atoms with Gasteiger partial charge >= 0.3 is 6.03 Å². The van der Waals surface area contributed by atoms with Crippen LogP contribution in [-0.4, -0.2) is 39.9 Å². The monoisotopic (exact) mass is 275 g/mol. The minimum absolute atomic E-state index is 0.131. The fraction of sp³-hybridized carbons (Fsp3) is 0.538. The summed E-state index contributed by atoms with van der Waals surface area (Å²) in [6, 6.07) is 0.0457. The van der Waals surface area contributed by atoms with Crippen molar-refractivity contribution in [1.29, 1.82) is 0 Å². The highest BCUT2D eigenvalue weighted by Crippen LogP contribution is 2.24. The van der Waals surface area contributed by atoms with E-state index < -0.39 is 0 Å². The van der Waals surface area contributed by atoms with Crippen molar-refractivity contribution in [2.45, 2.75) is 38.3 Å². The van der Waals surface area contributed by atoms with Crippen molar-refractivity contribution in [2.75, 3.05) is 11.9 Å². The highest BCUT2D eigenvalue weighted by Gasteiger charge is 2.31. The zero-order valence-corrected chi connectivity index (χ0v) is 11.4. The minimum atomic E-state index is -0.131. The van der Waals surface area contributed by atoms with Crippen molar-refractivity contribution in [2.24, 2.45) is 0 Å². The first-order valence-electron chi connectivity index (χ1n) is 6.77. The summed E-state index contributed by atoms with van der Waals surface area (Å²) in [5, 5.41) is 1.59. The van der Waals surface area contributed by atoms with Crippen LogP contribution in [0.4, 0.5) is 10.6 Å². The molecular formula is C13H17N5O2. The summed E-state index contributed by atoms with van der Waals surface area (Å²) >= 11 is 0. The number of ketones is 1. The Balaban J connectivity index is 1.72. The van der Waals surface area contributed by atoms with Gasteiger partial charge in [0.25, 0.3) is 0 Å². The van der Waals surface area contributed by atoms with Crippen LogP contribution >= 0.6 is 0 Å². The number of rotatable bonds is 2. The quantitative estimate of drug-likeness (QED) is 0.866. The molecule has 0 saturated heterocycles. The maximum Gasteiger partial charge on any atom is 0.340 e. The Kier molecular flexibility index (Phi) is 3.35. The predicted octanol–water partition coefficient (Wildman–Crippen LogP) is 0.865. The normalized spacial score (nSPS) is 20.2. The van der Waals surface area contributed by atoms with E-state index in [1.165, 1.54) is 11.2 Å². The summed E-state index contributed by atoms with van der Waals surface area (Å²) in [6.45, 7) is 0.448. The molecule has 1 N–H and O–H groups in total. The van der Waals surface area contributed by atoms with Crippen LogP contribution in [-0.2, 0) is 11.3 Å². The Morgan fingerprint density at radius 2 is 2.05 bits per heavy atom. The number of hydrazine groups is 1. The van der Waals surface area contributed by atoms with Crippen molar-refractivity contribution < 1.29 is 9.59 Å². The fourth-order valence-electron chi connectivity index (χ4n) is 2.67. The lowest BCUT2D eigenvalue weighted by atomic mass is 9.95. The van der Waals surface area contributed by atoms with E-state index in [1.54, 1.807) is 18.3 Å². The van der Waals surface area contributed by atoms with Gasteiger partial charge in [-0.15, -0.1) is 0 Å². The number of amides is 2. The van der Waals surface area contributed by atoms with Crippen molar-refractivity contribution in [3.05, 3.63) is 18.1 Å². The molecule has 0 bridgehead atoms. The molecule has 1 fully saturated rings. The van der Waals surface area contributed by atoms with Crippen molar-refractivity contribution >= 4 is 17.6 Å². The van der Waals surface area contributed by atoms with E-state index in [-0.39, 0.29) is 12.1 Å². The van der Waals surface area contributed by atoms with Gasteiger partial charge in [0.05, 0.1) is 6.54 Å². The molecule has 0 atom stereocenters. The first-order chi connectivity index (χ1) is 9.65. The topological polar surface area (TPSA) is 78.4 Å². The molecule has 1 aliphatic carbocycles. The van der Waals surface area contributed by atoms with Crippen LogP contribution in [0.1, 0.15) is 31.2 Å². The Labute approximate surface area is 117 Å². The summed E-state index contributed by atoms with van der Waals surface area (Å²) in [4.78, 5) is 33.2. The second-order valence-corrected chi connectivity index (χ2v) is 5.24. The van der Waals surface area contributed by atoms with E-state index in [4.69, 9.17) is 0 Å². The molecule has 1 aromatic heterocycles. The number of carbonyl (C=O) groups excluding carboxylic acids is 2. The predicted molar refractivity (Wildman–Crippen MR) is 71.8 cm³/mol. The molecule has 0 unspecified atom stereocenters. The lowest BCUT2D eigenvalue weighted by Gasteiger charge is -2.37. The van der Waals surface area contributed by atoms with Gasteiger partial charge in [-0.25, -0.2) is 20.2 Å². The van der Waals surface area contributed by atoms with E-state index >= 15 is 0 Å². The first-order valence-corrected chi connectivity index (χ1v) is 6.77. The van der Waals surface area contributed by atoms with Crippen LogP contribution in [0.5, 0.6) is 0 Å². The number of Topliss-reactive ketones (excluding diaryl/α,β-unsaturated/α-hetero) is 1. The van der Waals surface area contributed by atoms with E-state index in [2.05, 4.69) is 15.4 Å². The van der Waals surface area contributed by atoms with Gasteiger partial charge in [0.2, 0.25) is 0 Å². The molecule has 1 saturated carbocycles. The standard InChI is InChI=1S/C13H17N5O2/c1-17-12-9(6-14-8-15-12)7-18(13(17)20)16-10-2-4-11(19)5-3-10/h6,8,10,16H,2-5,7H2,1H3. The van der Waals surface area contributed by atoms with Gasteiger partial charge in [-0.2, -0.15) is 0 Å². The largest absolute Gasteiger partial charge is 0.340 e. The van der Waals surface area contributed by atoms with Crippen LogP contribution < -0.4 is 10.3 Å². The average Bonchev–Trinajstić information content (AvgIpc) is 2.47. The highest BCUT2D eigenvalue weighted by atomic mass is 16.2. The van der Waals surface area contributed by atoms with Gasteiger partial charge in [0, 0.05) is 37.7 Å². The summed E-state index contributed by atoms with van der Waals surface area (Å²) in [6.07, 6.45) is 5.92. The first kappa shape index (κ1) is 13.0. The Hall–Kier alpha value is -2.02. The maximum atomic E-state index is 12.3. The van der Waals surface area contributed by atoms with Gasteiger partial charge in [-0.1, -0.05) is 0 Å². The molecule has 0 spiro atoms. The van der Waals surface area contributed by atoms with Crippen LogP contribution in [0, 0.1) is 0 Å². The smallest absolute Gasteiger partial charge is 0.300 e. The molecule has 20 heavy (non-hydrogen) atoms. The lowest BCUT2D eigenvalue weighted by Crippen LogP contribution is -2.55. The second kappa shape index (κ2) is 5.16.